The summed E-state index contributed by atoms with van der Waals surface area (Å²) in [5, 5.41) is 0.750. The number of oxazole rings is 1. The predicted octanol–water partition coefficient (Wildman–Crippen LogP) is 5.21. The number of aryl methyl sites for hydroxylation is 1. The fourth-order valence-electron chi connectivity index (χ4n) is 4.93. The number of nitrogens with two attached hydrogens (primary N) is 1. The minimum atomic E-state index is -0.683. The van der Waals surface area contributed by atoms with Gasteiger partial charge in [-0.1, -0.05) is 6.07 Å². The van der Waals surface area contributed by atoms with Gasteiger partial charge in [0.1, 0.15) is 11.6 Å². The van der Waals surface area contributed by atoms with Gasteiger partial charge in [-0.05, 0) is 55.9 Å². The summed E-state index contributed by atoms with van der Waals surface area (Å²) in [4.78, 5) is 18.2. The third-order valence-electron chi connectivity index (χ3n) is 6.84. The second kappa shape index (κ2) is 7.38. The van der Waals surface area contributed by atoms with Gasteiger partial charge < -0.3 is 19.5 Å². The van der Waals surface area contributed by atoms with Crippen LogP contribution in [0.25, 0.3) is 33.1 Å². The van der Waals surface area contributed by atoms with Crippen LogP contribution in [0.5, 0.6) is 0 Å². The van der Waals surface area contributed by atoms with Crippen molar-refractivity contribution in [1.82, 2.24) is 9.55 Å². The van der Waals surface area contributed by atoms with E-state index < -0.39 is 11.6 Å². The van der Waals surface area contributed by atoms with Crippen molar-refractivity contribution in [3.8, 4) is 11.1 Å². The molecule has 1 saturated heterocycles. The molecular formula is C25H23F2N3O3. The molecule has 0 unspecified atom stereocenters. The lowest BCUT2D eigenvalue weighted by Gasteiger charge is -2.18. The Bertz CT molecular complexity index is 1480. The Morgan fingerprint density at radius 2 is 1.82 bits per heavy atom. The second-order valence-electron chi connectivity index (χ2n) is 9.01. The molecule has 6 rings (SSSR count). The third-order valence-corrected chi connectivity index (χ3v) is 6.84. The Morgan fingerprint density at radius 3 is 2.55 bits per heavy atom. The van der Waals surface area contributed by atoms with Gasteiger partial charge in [-0.25, -0.2) is 13.8 Å². The summed E-state index contributed by atoms with van der Waals surface area (Å²) in [6.07, 6.45) is 3.37. The maximum Gasteiger partial charge on any atom is 0.281 e. The number of aromatic nitrogens is 2. The zero-order valence-electron chi connectivity index (χ0n) is 18.2. The highest BCUT2D eigenvalue weighted by Gasteiger charge is 2.31. The van der Waals surface area contributed by atoms with Crippen LogP contribution in [0.2, 0.25) is 0 Å². The molecular weight excluding hydrogens is 428 g/mol. The molecule has 2 aromatic heterocycles. The fourth-order valence-corrected chi connectivity index (χ4v) is 4.93. The summed E-state index contributed by atoms with van der Waals surface area (Å²) in [6, 6.07) is 5.71. The lowest BCUT2D eigenvalue weighted by Crippen LogP contribution is -2.21. The summed E-state index contributed by atoms with van der Waals surface area (Å²) < 4.78 is 42.3. The molecule has 0 spiro atoms. The number of nitrogen functional groups attached to an aromatic ring is 1. The van der Waals surface area contributed by atoms with Crippen molar-refractivity contribution in [2.45, 2.75) is 44.6 Å². The molecule has 0 radical (unpaired) electrons. The van der Waals surface area contributed by atoms with Crippen LogP contribution in [0.1, 0.15) is 49.1 Å². The molecule has 4 aromatic rings. The molecule has 33 heavy (non-hydrogen) atoms. The van der Waals surface area contributed by atoms with E-state index in [0.29, 0.717) is 46.8 Å². The highest BCUT2D eigenvalue weighted by molar-refractivity contribution is 6.04. The lowest BCUT2D eigenvalue weighted by atomic mass is 9.96. The van der Waals surface area contributed by atoms with Crippen LogP contribution < -0.4 is 11.3 Å². The largest absolute Gasteiger partial charge is 0.439 e. The van der Waals surface area contributed by atoms with Gasteiger partial charge in [0.25, 0.3) is 5.56 Å². The van der Waals surface area contributed by atoms with Crippen molar-refractivity contribution in [2.75, 3.05) is 18.9 Å². The van der Waals surface area contributed by atoms with Crippen LogP contribution in [-0.2, 0) is 4.74 Å². The Balaban J connectivity index is 1.64. The van der Waals surface area contributed by atoms with E-state index in [2.05, 4.69) is 4.98 Å². The number of hydrogen-bond donors (Lipinski definition) is 1. The van der Waals surface area contributed by atoms with Gasteiger partial charge in [0.2, 0.25) is 0 Å². The van der Waals surface area contributed by atoms with E-state index in [0.717, 1.165) is 43.2 Å². The molecule has 170 valence electrons. The first kappa shape index (κ1) is 20.4. The second-order valence-corrected chi connectivity index (χ2v) is 9.01. The van der Waals surface area contributed by atoms with Gasteiger partial charge in [0.15, 0.2) is 17.0 Å². The maximum atomic E-state index is 14.8. The van der Waals surface area contributed by atoms with Gasteiger partial charge in [-0.2, -0.15) is 0 Å². The molecule has 2 aliphatic rings. The number of benzene rings is 2. The number of halogens is 2. The van der Waals surface area contributed by atoms with Crippen molar-refractivity contribution < 1.29 is 17.9 Å². The number of anilines is 1. The Labute approximate surface area is 188 Å². The van der Waals surface area contributed by atoms with E-state index in [9.17, 15) is 13.6 Å². The van der Waals surface area contributed by atoms with Crippen molar-refractivity contribution in [2.24, 2.45) is 0 Å². The first-order valence-corrected chi connectivity index (χ1v) is 11.2. The molecule has 1 aliphatic heterocycles. The third kappa shape index (κ3) is 3.15. The van der Waals surface area contributed by atoms with E-state index in [1.807, 2.05) is 13.0 Å². The average molecular weight is 451 g/mol. The minimum absolute atomic E-state index is 0.0644. The van der Waals surface area contributed by atoms with E-state index >= 15 is 0 Å². The van der Waals surface area contributed by atoms with E-state index in [-0.39, 0.29) is 28.8 Å². The summed E-state index contributed by atoms with van der Waals surface area (Å²) in [5.41, 5.74) is 7.84. The quantitative estimate of drug-likeness (QED) is 0.433. The van der Waals surface area contributed by atoms with E-state index in [1.54, 1.807) is 10.6 Å². The zero-order chi connectivity index (χ0) is 22.9. The molecule has 0 amide bonds. The molecule has 1 saturated carbocycles. The number of pyridine rings is 1. The summed E-state index contributed by atoms with van der Waals surface area (Å²) in [7, 11) is 0. The van der Waals surface area contributed by atoms with Crippen LogP contribution in [0.4, 0.5) is 14.5 Å². The van der Waals surface area contributed by atoms with Crippen molar-refractivity contribution in [3.05, 3.63) is 57.7 Å². The SMILES string of the molecule is Cc1c(-c2cc(F)c(N)cc2F)ccc2c3oc(C4CCOCC4)nc3c(=O)n(C3CC3)c12. The molecule has 2 aromatic carbocycles. The topological polar surface area (TPSA) is 83.3 Å². The van der Waals surface area contributed by atoms with Crippen LogP contribution in [0.3, 0.4) is 0 Å². The first-order chi connectivity index (χ1) is 15.9. The molecule has 0 bridgehead atoms. The monoisotopic (exact) mass is 451 g/mol. The Kier molecular flexibility index (Phi) is 4.55. The molecule has 2 N–H and O–H groups in total. The number of rotatable bonds is 3. The summed E-state index contributed by atoms with van der Waals surface area (Å²) in [6.45, 7) is 3.11. The molecule has 1 aliphatic carbocycles. The lowest BCUT2D eigenvalue weighted by molar-refractivity contribution is 0.0798. The molecule has 3 heterocycles. The van der Waals surface area contributed by atoms with Crippen molar-refractivity contribution in [3.63, 3.8) is 0 Å². The first-order valence-electron chi connectivity index (χ1n) is 11.2. The number of ether oxygens (including phenoxy) is 1. The number of nitrogens with zero attached hydrogens (tertiary/aromatic N) is 2. The minimum Gasteiger partial charge on any atom is -0.439 e. The Morgan fingerprint density at radius 1 is 1.06 bits per heavy atom. The van der Waals surface area contributed by atoms with Crippen molar-refractivity contribution >= 4 is 27.7 Å². The van der Waals surface area contributed by atoms with Crippen LogP contribution >= 0.6 is 0 Å². The van der Waals surface area contributed by atoms with Gasteiger partial charge in [-0.3, -0.25) is 4.79 Å². The normalized spacial score (nSPS) is 17.3. The predicted molar refractivity (Wildman–Crippen MR) is 121 cm³/mol. The number of fused-ring (bicyclic) bond motifs is 3. The summed E-state index contributed by atoms with van der Waals surface area (Å²) in [5.74, 6) is -0.618. The van der Waals surface area contributed by atoms with Crippen LogP contribution in [0, 0.1) is 18.6 Å². The molecule has 6 nitrogen and oxygen atoms in total. The van der Waals surface area contributed by atoms with E-state index in [4.69, 9.17) is 14.9 Å². The standard InChI is InChI=1S/C25H23F2N3O3/c1-12-15(17-10-19(27)20(28)11-18(17)26)4-5-16-22(12)30(14-2-3-14)25(31)21-23(16)33-24(29-21)13-6-8-32-9-7-13/h4-5,10-11,13-14H,2-3,6-9,28H2,1H3. The van der Waals surface area contributed by atoms with Gasteiger partial charge in [-0.15, -0.1) is 0 Å². The van der Waals surface area contributed by atoms with Gasteiger partial charge >= 0.3 is 0 Å². The van der Waals surface area contributed by atoms with Crippen LogP contribution in [-0.4, -0.2) is 22.8 Å². The van der Waals surface area contributed by atoms with Crippen molar-refractivity contribution in [1.29, 1.82) is 0 Å². The van der Waals surface area contributed by atoms with Gasteiger partial charge in [0, 0.05) is 42.2 Å². The highest BCUT2D eigenvalue weighted by Crippen LogP contribution is 2.41. The van der Waals surface area contributed by atoms with Crippen LogP contribution in [0.15, 0.2) is 33.5 Å². The molecule has 0 atom stereocenters. The smallest absolute Gasteiger partial charge is 0.281 e. The molecule has 2 fully saturated rings. The average Bonchev–Trinajstić information content (AvgIpc) is 3.54. The summed E-state index contributed by atoms with van der Waals surface area (Å²) >= 11 is 0. The Hall–Kier alpha value is -3.26. The van der Waals surface area contributed by atoms with E-state index in [1.165, 1.54) is 0 Å². The zero-order valence-corrected chi connectivity index (χ0v) is 18.2. The number of hydrogen-bond acceptors (Lipinski definition) is 5. The highest BCUT2D eigenvalue weighted by atomic mass is 19.1. The maximum absolute atomic E-state index is 14.8. The fraction of sp³-hybridized carbons (Fsp3) is 0.360. The van der Waals surface area contributed by atoms with Gasteiger partial charge in [0.05, 0.1) is 11.2 Å². The molecule has 8 heteroatoms.